The van der Waals surface area contributed by atoms with Crippen molar-refractivity contribution in [2.24, 2.45) is 0 Å². The van der Waals surface area contributed by atoms with E-state index in [2.05, 4.69) is 24.1 Å². The number of nitrogens with one attached hydrogen (secondary N) is 1. The van der Waals surface area contributed by atoms with Crippen molar-refractivity contribution < 1.29 is 18.3 Å². The quantitative estimate of drug-likeness (QED) is 0.390. The highest BCUT2D eigenvalue weighted by Crippen LogP contribution is 2.27. The number of rotatable bonds is 7. The summed E-state index contributed by atoms with van der Waals surface area (Å²) in [6.07, 6.45) is 1.07. The molecule has 1 unspecified atom stereocenters. The number of anilines is 1. The lowest BCUT2D eigenvalue weighted by Crippen LogP contribution is -2.20. The van der Waals surface area contributed by atoms with Gasteiger partial charge < -0.3 is 14.5 Å². The summed E-state index contributed by atoms with van der Waals surface area (Å²) in [5, 5.41) is 2.80. The molecule has 3 aromatic carbocycles. The van der Waals surface area contributed by atoms with Crippen molar-refractivity contribution >= 4 is 22.7 Å². The molecule has 4 aromatic rings. The first-order valence-corrected chi connectivity index (χ1v) is 10.2. The number of oxazole rings is 1. The van der Waals surface area contributed by atoms with Gasteiger partial charge in [-0.2, -0.15) is 0 Å². The average molecular weight is 418 g/mol. The summed E-state index contributed by atoms with van der Waals surface area (Å²) in [7, 11) is 0. The Kier molecular flexibility index (Phi) is 5.98. The molecule has 0 aliphatic carbocycles. The van der Waals surface area contributed by atoms with Crippen molar-refractivity contribution in [1.29, 1.82) is 0 Å². The van der Waals surface area contributed by atoms with Gasteiger partial charge in [0, 0.05) is 11.3 Å². The second kappa shape index (κ2) is 9.00. The number of fused-ring (bicyclic) bond motifs is 1. The lowest BCUT2D eigenvalue weighted by molar-refractivity contribution is -0.118. The number of carbonyl (C=O) groups excluding carboxylic acids is 1. The van der Waals surface area contributed by atoms with E-state index in [1.807, 2.05) is 24.3 Å². The van der Waals surface area contributed by atoms with Crippen LogP contribution in [0.5, 0.6) is 5.75 Å². The highest BCUT2D eigenvalue weighted by atomic mass is 19.1. The van der Waals surface area contributed by atoms with Crippen LogP contribution in [0.15, 0.2) is 71.1 Å². The summed E-state index contributed by atoms with van der Waals surface area (Å²) in [5.41, 5.74) is 3.49. The Hall–Kier alpha value is -3.67. The minimum absolute atomic E-state index is 0.103. The second-order valence-electron chi connectivity index (χ2n) is 7.43. The third-order valence-electron chi connectivity index (χ3n) is 5.17. The molecule has 1 N–H and O–H groups in total. The van der Waals surface area contributed by atoms with E-state index >= 15 is 0 Å². The highest BCUT2D eigenvalue weighted by molar-refractivity contribution is 5.94. The smallest absolute Gasteiger partial charge is 0.262 e. The zero-order chi connectivity index (χ0) is 21.8. The maximum absolute atomic E-state index is 13.5. The molecule has 0 radical (unpaired) electrons. The molecule has 1 amide bonds. The van der Waals surface area contributed by atoms with Crippen LogP contribution in [0.1, 0.15) is 31.7 Å². The summed E-state index contributed by atoms with van der Waals surface area (Å²) in [6, 6.07) is 19.0. The van der Waals surface area contributed by atoms with Gasteiger partial charge in [-0.05, 0) is 66.4 Å². The first-order chi connectivity index (χ1) is 15.0. The van der Waals surface area contributed by atoms with E-state index in [-0.39, 0.29) is 18.3 Å². The Bertz CT molecular complexity index is 1200. The maximum Gasteiger partial charge on any atom is 0.262 e. The third kappa shape index (κ3) is 4.91. The normalized spacial score (nSPS) is 12.0. The van der Waals surface area contributed by atoms with Gasteiger partial charge in [-0.3, -0.25) is 4.79 Å². The van der Waals surface area contributed by atoms with E-state index in [4.69, 9.17) is 9.15 Å². The molecule has 0 aliphatic heterocycles. The number of hydrogen-bond acceptors (Lipinski definition) is 4. The van der Waals surface area contributed by atoms with E-state index in [9.17, 15) is 9.18 Å². The van der Waals surface area contributed by atoms with Gasteiger partial charge in [0.25, 0.3) is 5.91 Å². The third-order valence-corrected chi connectivity index (χ3v) is 5.17. The van der Waals surface area contributed by atoms with Gasteiger partial charge in [0.05, 0.1) is 0 Å². The summed E-state index contributed by atoms with van der Waals surface area (Å²) in [6.45, 7) is 4.22. The van der Waals surface area contributed by atoms with Crippen LogP contribution >= 0.6 is 0 Å². The van der Waals surface area contributed by atoms with E-state index < -0.39 is 0 Å². The van der Waals surface area contributed by atoms with E-state index in [0.717, 1.165) is 6.42 Å². The van der Waals surface area contributed by atoms with Crippen LogP contribution in [0.2, 0.25) is 0 Å². The van der Waals surface area contributed by atoms with Gasteiger partial charge in [0.2, 0.25) is 5.89 Å². The van der Waals surface area contributed by atoms with Gasteiger partial charge in [-0.25, -0.2) is 9.37 Å². The van der Waals surface area contributed by atoms with Crippen molar-refractivity contribution in [2.75, 3.05) is 11.9 Å². The van der Waals surface area contributed by atoms with Crippen molar-refractivity contribution in [2.45, 2.75) is 26.2 Å². The van der Waals surface area contributed by atoms with Crippen molar-refractivity contribution in [3.63, 3.8) is 0 Å². The fourth-order valence-electron chi connectivity index (χ4n) is 3.22. The van der Waals surface area contributed by atoms with Crippen LogP contribution in [0.4, 0.5) is 10.1 Å². The number of halogens is 1. The van der Waals surface area contributed by atoms with E-state index in [1.54, 1.807) is 30.3 Å². The molecule has 1 heterocycles. The summed E-state index contributed by atoms with van der Waals surface area (Å²) in [5.74, 6) is 0.822. The van der Waals surface area contributed by atoms with E-state index in [1.165, 1.54) is 17.7 Å². The highest BCUT2D eigenvalue weighted by Gasteiger charge is 2.11. The molecule has 0 fully saturated rings. The molecule has 5 nitrogen and oxygen atoms in total. The predicted octanol–water partition coefficient (Wildman–Crippen LogP) is 6.16. The van der Waals surface area contributed by atoms with Gasteiger partial charge in [0.15, 0.2) is 12.2 Å². The predicted molar refractivity (Wildman–Crippen MR) is 119 cm³/mol. The SMILES string of the molecule is CCC(C)c1ccc(OCC(=O)Nc2ccc3oc(-c4cccc(F)c4)nc3c2)cc1. The lowest BCUT2D eigenvalue weighted by atomic mass is 9.99. The molecule has 0 saturated heterocycles. The molecule has 0 aliphatic rings. The average Bonchev–Trinajstić information content (AvgIpc) is 3.21. The fourth-order valence-corrected chi connectivity index (χ4v) is 3.22. The Morgan fingerprint density at radius 3 is 2.68 bits per heavy atom. The first kappa shape index (κ1) is 20.6. The minimum atomic E-state index is -0.359. The number of carbonyl (C=O) groups is 1. The van der Waals surface area contributed by atoms with Crippen LogP contribution in [0, 0.1) is 5.82 Å². The van der Waals surface area contributed by atoms with Gasteiger partial charge in [0.1, 0.15) is 17.1 Å². The number of ether oxygens (including phenoxy) is 1. The first-order valence-electron chi connectivity index (χ1n) is 10.2. The van der Waals surface area contributed by atoms with Crippen LogP contribution in [0.25, 0.3) is 22.6 Å². The molecule has 0 saturated carbocycles. The van der Waals surface area contributed by atoms with Crippen LogP contribution in [-0.4, -0.2) is 17.5 Å². The lowest BCUT2D eigenvalue weighted by Gasteiger charge is -2.11. The topological polar surface area (TPSA) is 64.4 Å². The Morgan fingerprint density at radius 2 is 1.94 bits per heavy atom. The summed E-state index contributed by atoms with van der Waals surface area (Å²) in [4.78, 5) is 16.7. The van der Waals surface area contributed by atoms with Crippen molar-refractivity contribution in [3.8, 4) is 17.2 Å². The van der Waals surface area contributed by atoms with Crippen LogP contribution in [0.3, 0.4) is 0 Å². The molecule has 31 heavy (non-hydrogen) atoms. The van der Waals surface area contributed by atoms with Crippen LogP contribution in [-0.2, 0) is 4.79 Å². The monoisotopic (exact) mass is 418 g/mol. The molecule has 1 aromatic heterocycles. The van der Waals surface area contributed by atoms with Gasteiger partial charge in [-0.1, -0.05) is 32.0 Å². The number of aromatic nitrogens is 1. The Morgan fingerprint density at radius 1 is 1.13 bits per heavy atom. The number of hydrogen-bond donors (Lipinski definition) is 1. The number of nitrogens with zero attached hydrogens (tertiary/aromatic N) is 1. The molecular weight excluding hydrogens is 395 g/mol. The molecule has 1 atom stereocenters. The molecule has 158 valence electrons. The molecular formula is C25H23FN2O3. The zero-order valence-electron chi connectivity index (χ0n) is 17.4. The Balaban J connectivity index is 1.39. The van der Waals surface area contributed by atoms with Gasteiger partial charge >= 0.3 is 0 Å². The summed E-state index contributed by atoms with van der Waals surface area (Å²) < 4.78 is 24.7. The molecule has 0 bridgehead atoms. The number of amides is 1. The number of benzene rings is 3. The fraction of sp³-hybridized carbons (Fsp3) is 0.200. The van der Waals surface area contributed by atoms with Gasteiger partial charge in [-0.15, -0.1) is 0 Å². The van der Waals surface area contributed by atoms with Crippen molar-refractivity contribution in [1.82, 2.24) is 4.98 Å². The molecule has 0 spiro atoms. The Labute approximate surface area is 179 Å². The molecule has 6 heteroatoms. The second-order valence-corrected chi connectivity index (χ2v) is 7.43. The van der Waals surface area contributed by atoms with Crippen molar-refractivity contribution in [3.05, 3.63) is 78.1 Å². The minimum Gasteiger partial charge on any atom is -0.484 e. The summed E-state index contributed by atoms with van der Waals surface area (Å²) >= 11 is 0. The zero-order valence-corrected chi connectivity index (χ0v) is 17.4. The molecule has 4 rings (SSSR count). The van der Waals surface area contributed by atoms with Crippen LogP contribution < -0.4 is 10.1 Å². The maximum atomic E-state index is 13.5. The standard InChI is InChI=1S/C25H23FN2O3/c1-3-16(2)17-7-10-21(11-8-17)30-15-24(29)27-20-9-12-23-22(14-20)28-25(31-23)18-5-4-6-19(26)13-18/h4-14,16H,3,15H2,1-2H3,(H,27,29). The van der Waals surface area contributed by atoms with E-state index in [0.29, 0.717) is 39.9 Å². The largest absolute Gasteiger partial charge is 0.484 e.